The number of nitrogens with one attached hydrogen (secondary N) is 1. The molecule has 1 N–H and O–H groups in total. The molecule has 1 fully saturated rings. The number of benzene rings is 1. The van der Waals surface area contributed by atoms with E-state index in [1.807, 2.05) is 38.2 Å². The van der Waals surface area contributed by atoms with Crippen LogP contribution in [0.3, 0.4) is 0 Å². The van der Waals surface area contributed by atoms with Crippen LogP contribution in [0, 0.1) is 6.92 Å². The lowest BCUT2D eigenvalue weighted by atomic mass is 10.0. The molecule has 0 aliphatic carbocycles. The highest BCUT2D eigenvalue weighted by molar-refractivity contribution is 5.93. The van der Waals surface area contributed by atoms with Gasteiger partial charge < -0.3 is 15.0 Å². The van der Waals surface area contributed by atoms with Crippen LogP contribution in [0.1, 0.15) is 29.0 Å². The molecule has 8 heteroatoms. The van der Waals surface area contributed by atoms with E-state index in [0.29, 0.717) is 5.69 Å². The summed E-state index contributed by atoms with van der Waals surface area (Å²) in [5.74, 6) is 0.706. The normalized spacial score (nSPS) is 14.7. The Hall–Kier alpha value is -2.12. The topological polar surface area (TPSA) is 72.3 Å². The smallest absolute Gasteiger partial charge is 0.276 e. The lowest BCUT2D eigenvalue weighted by Gasteiger charge is -2.31. The first kappa shape index (κ1) is 19.2. The SMILES string of the molecule is COc1ccc(-n2nnc(C(=O)N(C)C3CCNCC3)c2C)cc1.Cl. The maximum atomic E-state index is 12.8. The fourth-order valence-corrected chi connectivity index (χ4v) is 3.02. The van der Waals surface area contributed by atoms with E-state index in [4.69, 9.17) is 4.74 Å². The molecule has 1 aliphatic heterocycles. The summed E-state index contributed by atoms with van der Waals surface area (Å²) >= 11 is 0. The summed E-state index contributed by atoms with van der Waals surface area (Å²) in [5, 5.41) is 11.6. The second kappa shape index (κ2) is 8.31. The molecule has 1 aliphatic rings. The summed E-state index contributed by atoms with van der Waals surface area (Å²) in [6, 6.07) is 7.76. The Morgan fingerprint density at radius 2 is 1.92 bits per heavy atom. The molecule has 0 spiro atoms. The molecule has 25 heavy (non-hydrogen) atoms. The number of halogens is 1. The summed E-state index contributed by atoms with van der Waals surface area (Å²) < 4.78 is 6.85. The molecule has 1 aromatic carbocycles. The molecule has 1 amide bonds. The number of hydrogen-bond acceptors (Lipinski definition) is 5. The van der Waals surface area contributed by atoms with E-state index in [1.54, 1.807) is 16.7 Å². The summed E-state index contributed by atoms with van der Waals surface area (Å²) in [7, 11) is 3.48. The lowest BCUT2D eigenvalue weighted by Crippen LogP contribution is -2.44. The minimum Gasteiger partial charge on any atom is -0.497 e. The number of carbonyl (C=O) groups is 1. The van der Waals surface area contributed by atoms with Crippen LogP contribution in [0.15, 0.2) is 24.3 Å². The highest BCUT2D eigenvalue weighted by atomic mass is 35.5. The summed E-state index contributed by atoms with van der Waals surface area (Å²) in [6.07, 6.45) is 1.93. The van der Waals surface area contributed by atoms with Crippen molar-refractivity contribution in [2.24, 2.45) is 0 Å². The molecule has 2 aromatic rings. The van der Waals surface area contributed by atoms with Crippen molar-refractivity contribution in [3.63, 3.8) is 0 Å². The number of amides is 1. The second-order valence-electron chi connectivity index (χ2n) is 6.03. The third-order valence-electron chi connectivity index (χ3n) is 4.59. The van der Waals surface area contributed by atoms with E-state index in [2.05, 4.69) is 15.6 Å². The van der Waals surface area contributed by atoms with Gasteiger partial charge in [0.05, 0.1) is 18.5 Å². The highest BCUT2D eigenvalue weighted by Gasteiger charge is 2.26. The third-order valence-corrected chi connectivity index (χ3v) is 4.59. The lowest BCUT2D eigenvalue weighted by molar-refractivity contribution is 0.0696. The first-order valence-corrected chi connectivity index (χ1v) is 8.16. The number of hydrogen-bond donors (Lipinski definition) is 1. The number of methoxy groups -OCH3 is 1. The third kappa shape index (κ3) is 3.93. The Morgan fingerprint density at radius 3 is 2.52 bits per heavy atom. The molecule has 0 atom stereocenters. The van der Waals surface area contributed by atoms with Crippen molar-refractivity contribution in [3.05, 3.63) is 35.7 Å². The Labute approximate surface area is 153 Å². The Morgan fingerprint density at radius 1 is 1.28 bits per heavy atom. The van der Waals surface area contributed by atoms with Crippen molar-refractivity contribution in [1.82, 2.24) is 25.2 Å². The van der Waals surface area contributed by atoms with Gasteiger partial charge in [0, 0.05) is 13.1 Å². The maximum absolute atomic E-state index is 12.8. The van der Waals surface area contributed by atoms with E-state index >= 15 is 0 Å². The Balaban J connectivity index is 0.00000225. The molecule has 1 aromatic heterocycles. The van der Waals surface area contributed by atoms with Crippen molar-refractivity contribution >= 4 is 18.3 Å². The van der Waals surface area contributed by atoms with E-state index in [1.165, 1.54) is 0 Å². The summed E-state index contributed by atoms with van der Waals surface area (Å²) in [5.41, 5.74) is 2.00. The quantitative estimate of drug-likeness (QED) is 0.894. The van der Waals surface area contributed by atoms with E-state index in [0.717, 1.165) is 43.1 Å². The predicted octanol–water partition coefficient (Wildman–Crippen LogP) is 1.83. The summed E-state index contributed by atoms with van der Waals surface area (Å²) in [6.45, 7) is 3.76. The van der Waals surface area contributed by atoms with Gasteiger partial charge in [0.1, 0.15) is 5.75 Å². The van der Waals surface area contributed by atoms with Crippen LogP contribution >= 0.6 is 12.4 Å². The zero-order valence-corrected chi connectivity index (χ0v) is 15.5. The van der Waals surface area contributed by atoms with Gasteiger partial charge in [0.15, 0.2) is 5.69 Å². The number of ether oxygens (including phenoxy) is 1. The number of piperidine rings is 1. The molecule has 0 unspecified atom stereocenters. The van der Waals surface area contributed by atoms with Crippen molar-refractivity contribution in [2.45, 2.75) is 25.8 Å². The van der Waals surface area contributed by atoms with E-state index in [9.17, 15) is 4.79 Å². The molecule has 7 nitrogen and oxygen atoms in total. The molecule has 0 radical (unpaired) electrons. The monoisotopic (exact) mass is 365 g/mol. The first-order valence-electron chi connectivity index (χ1n) is 8.16. The molecular formula is C17H24ClN5O2. The van der Waals surface area contributed by atoms with Gasteiger partial charge in [-0.3, -0.25) is 4.79 Å². The minimum absolute atomic E-state index is 0. The van der Waals surface area contributed by atoms with Crippen LogP contribution in [-0.2, 0) is 0 Å². The van der Waals surface area contributed by atoms with E-state index < -0.39 is 0 Å². The Kier molecular flexibility index (Phi) is 6.39. The summed E-state index contributed by atoms with van der Waals surface area (Å²) in [4.78, 5) is 14.6. The van der Waals surface area contributed by atoms with Crippen molar-refractivity contribution in [2.75, 3.05) is 27.2 Å². The number of nitrogens with zero attached hydrogens (tertiary/aromatic N) is 4. The van der Waals surface area contributed by atoms with Gasteiger partial charge in [-0.15, -0.1) is 17.5 Å². The van der Waals surface area contributed by atoms with Gasteiger partial charge >= 0.3 is 0 Å². The van der Waals surface area contributed by atoms with E-state index in [-0.39, 0.29) is 24.4 Å². The molecule has 136 valence electrons. The number of carbonyl (C=O) groups excluding carboxylic acids is 1. The average Bonchev–Trinajstić information content (AvgIpc) is 3.02. The van der Waals surface area contributed by atoms with Crippen LogP contribution < -0.4 is 10.1 Å². The van der Waals surface area contributed by atoms with Crippen LogP contribution in [0.4, 0.5) is 0 Å². The Bertz CT molecular complexity index is 710. The molecule has 0 saturated carbocycles. The minimum atomic E-state index is -0.0702. The zero-order valence-electron chi connectivity index (χ0n) is 14.7. The fraction of sp³-hybridized carbons (Fsp3) is 0.471. The number of aromatic nitrogens is 3. The maximum Gasteiger partial charge on any atom is 0.276 e. The van der Waals surface area contributed by atoms with Crippen LogP contribution in [-0.4, -0.2) is 59.1 Å². The first-order chi connectivity index (χ1) is 11.6. The van der Waals surface area contributed by atoms with Crippen LogP contribution in [0.5, 0.6) is 5.75 Å². The van der Waals surface area contributed by atoms with Crippen molar-refractivity contribution in [3.8, 4) is 11.4 Å². The molecule has 0 bridgehead atoms. The molecule has 2 heterocycles. The van der Waals surface area contributed by atoms with Gasteiger partial charge in [-0.1, -0.05) is 5.21 Å². The van der Waals surface area contributed by atoms with Gasteiger partial charge in [-0.25, -0.2) is 4.68 Å². The van der Waals surface area contributed by atoms with Gasteiger partial charge in [0.2, 0.25) is 0 Å². The van der Waals surface area contributed by atoms with Crippen LogP contribution in [0.2, 0.25) is 0 Å². The zero-order chi connectivity index (χ0) is 17.1. The van der Waals surface area contributed by atoms with Crippen LogP contribution in [0.25, 0.3) is 5.69 Å². The molecule has 3 rings (SSSR count). The number of rotatable bonds is 4. The average molecular weight is 366 g/mol. The fourth-order valence-electron chi connectivity index (χ4n) is 3.02. The molecular weight excluding hydrogens is 342 g/mol. The van der Waals surface area contributed by atoms with Gasteiger partial charge in [0.25, 0.3) is 5.91 Å². The predicted molar refractivity (Wildman–Crippen MR) is 97.9 cm³/mol. The van der Waals surface area contributed by atoms with Crippen molar-refractivity contribution < 1.29 is 9.53 Å². The van der Waals surface area contributed by atoms with Gasteiger partial charge in [-0.2, -0.15) is 0 Å². The second-order valence-corrected chi connectivity index (χ2v) is 6.03. The largest absolute Gasteiger partial charge is 0.497 e. The van der Waals surface area contributed by atoms with Crippen molar-refractivity contribution in [1.29, 1.82) is 0 Å². The van der Waals surface area contributed by atoms with Gasteiger partial charge in [-0.05, 0) is 57.1 Å². The molecule has 1 saturated heterocycles. The standard InChI is InChI=1S/C17H23N5O2.ClH/c1-12-16(17(23)21(2)13-8-10-18-11-9-13)19-20-22(12)14-4-6-15(24-3)7-5-14;/h4-7,13,18H,8-11H2,1-3H3;1H. The highest BCUT2D eigenvalue weighted by Crippen LogP contribution is 2.19.